The fourth-order valence-corrected chi connectivity index (χ4v) is 6.21. The van der Waals surface area contributed by atoms with Crippen molar-refractivity contribution in [1.29, 1.82) is 0 Å². The number of aromatic nitrogens is 1. The number of hydrogen-bond donors (Lipinski definition) is 2. The van der Waals surface area contributed by atoms with Gasteiger partial charge in [-0.05, 0) is 44.2 Å². The van der Waals surface area contributed by atoms with Crippen molar-refractivity contribution in [3.63, 3.8) is 0 Å². The van der Waals surface area contributed by atoms with Gasteiger partial charge in [-0.1, -0.05) is 6.07 Å². The molecule has 3 heterocycles. The molecule has 2 unspecified atom stereocenters. The predicted octanol–water partition coefficient (Wildman–Crippen LogP) is 3.95. The molecule has 0 aliphatic carbocycles. The Bertz CT molecular complexity index is 1190. The predicted molar refractivity (Wildman–Crippen MR) is 126 cm³/mol. The summed E-state index contributed by atoms with van der Waals surface area (Å²) >= 11 is 1.12. The van der Waals surface area contributed by atoms with E-state index in [9.17, 15) is 12.8 Å². The molecule has 1 aliphatic rings. The monoisotopic (exact) mass is 476 g/mol. The van der Waals surface area contributed by atoms with E-state index in [0.29, 0.717) is 24.5 Å². The first-order chi connectivity index (χ1) is 15.3. The maximum absolute atomic E-state index is 14.9. The molecule has 10 heteroatoms. The van der Waals surface area contributed by atoms with E-state index in [0.717, 1.165) is 16.2 Å². The smallest absolute Gasteiger partial charge is 0.271 e. The third-order valence-electron chi connectivity index (χ3n) is 5.18. The first-order valence-corrected chi connectivity index (χ1v) is 12.5. The zero-order valence-electron chi connectivity index (χ0n) is 18.0. The van der Waals surface area contributed by atoms with E-state index >= 15 is 0 Å². The number of anilines is 2. The second-order valence-corrected chi connectivity index (χ2v) is 10.8. The number of nitrogens with one attached hydrogen (secondary N) is 2. The zero-order valence-corrected chi connectivity index (χ0v) is 19.6. The maximum Gasteiger partial charge on any atom is 0.271 e. The minimum atomic E-state index is -3.91. The van der Waals surface area contributed by atoms with Gasteiger partial charge in [-0.3, -0.25) is 9.71 Å². The van der Waals surface area contributed by atoms with Crippen LogP contribution in [0, 0.1) is 5.82 Å². The van der Waals surface area contributed by atoms with Crippen LogP contribution in [0.4, 0.5) is 15.8 Å². The van der Waals surface area contributed by atoms with Gasteiger partial charge in [0.1, 0.15) is 15.8 Å². The van der Waals surface area contributed by atoms with Crippen LogP contribution in [-0.4, -0.2) is 45.7 Å². The minimum Gasteiger partial charge on any atom is -0.494 e. The average Bonchev–Trinajstić information content (AvgIpc) is 3.26. The Balaban J connectivity index is 1.65. The van der Waals surface area contributed by atoms with Gasteiger partial charge in [0, 0.05) is 37.4 Å². The summed E-state index contributed by atoms with van der Waals surface area (Å²) in [5, 5.41) is 3.41. The Labute approximate surface area is 191 Å². The maximum atomic E-state index is 14.9. The van der Waals surface area contributed by atoms with Gasteiger partial charge in [0.2, 0.25) is 0 Å². The number of hydrogen-bond acceptors (Lipinski definition) is 7. The van der Waals surface area contributed by atoms with Crippen molar-refractivity contribution in [3.8, 4) is 16.3 Å². The molecule has 1 fully saturated rings. The minimum absolute atomic E-state index is 0.118. The molecule has 32 heavy (non-hydrogen) atoms. The second-order valence-electron chi connectivity index (χ2n) is 7.82. The Morgan fingerprint density at radius 2 is 1.94 bits per heavy atom. The van der Waals surface area contributed by atoms with Gasteiger partial charge < -0.3 is 15.0 Å². The van der Waals surface area contributed by atoms with E-state index < -0.39 is 15.8 Å². The highest BCUT2D eigenvalue weighted by Gasteiger charge is 2.26. The molecule has 0 spiro atoms. The van der Waals surface area contributed by atoms with Crippen molar-refractivity contribution < 1.29 is 17.5 Å². The third kappa shape index (κ3) is 4.72. The molecule has 0 radical (unpaired) electrons. The molecule has 7 nitrogen and oxygen atoms in total. The van der Waals surface area contributed by atoms with Crippen LogP contribution in [0.1, 0.15) is 13.8 Å². The number of nitrogens with zero attached hydrogens (tertiary/aromatic N) is 2. The van der Waals surface area contributed by atoms with Crippen LogP contribution in [0.5, 0.6) is 5.75 Å². The number of methoxy groups -OCH3 is 1. The van der Waals surface area contributed by atoms with Gasteiger partial charge in [-0.15, -0.1) is 11.3 Å². The Morgan fingerprint density at radius 3 is 2.59 bits per heavy atom. The lowest BCUT2D eigenvalue weighted by atomic mass is 10.1. The number of sulfonamides is 1. The molecule has 1 saturated heterocycles. The van der Waals surface area contributed by atoms with Crippen molar-refractivity contribution in [1.82, 2.24) is 10.3 Å². The lowest BCUT2D eigenvalue weighted by Crippen LogP contribution is -2.54. The molecule has 0 bridgehead atoms. The number of ether oxygens (including phenoxy) is 1. The first-order valence-electron chi connectivity index (χ1n) is 10.2. The van der Waals surface area contributed by atoms with Gasteiger partial charge in [0.05, 0.1) is 29.1 Å². The number of pyridine rings is 1. The zero-order chi connectivity index (χ0) is 22.9. The molecule has 0 saturated carbocycles. The fraction of sp³-hybridized carbons (Fsp3) is 0.318. The lowest BCUT2D eigenvalue weighted by Gasteiger charge is -2.38. The van der Waals surface area contributed by atoms with Crippen molar-refractivity contribution in [2.24, 2.45) is 0 Å². The fourth-order valence-electron chi connectivity index (χ4n) is 3.86. The topological polar surface area (TPSA) is 83.6 Å². The Hall–Kier alpha value is -2.69. The average molecular weight is 477 g/mol. The Kier molecular flexibility index (Phi) is 6.36. The van der Waals surface area contributed by atoms with Gasteiger partial charge in [-0.2, -0.15) is 0 Å². The van der Waals surface area contributed by atoms with E-state index in [1.807, 2.05) is 30.9 Å². The van der Waals surface area contributed by atoms with E-state index in [1.54, 1.807) is 18.3 Å². The third-order valence-corrected chi connectivity index (χ3v) is 8.14. The van der Waals surface area contributed by atoms with Crippen molar-refractivity contribution in [2.45, 2.75) is 30.1 Å². The summed E-state index contributed by atoms with van der Waals surface area (Å²) in [5.41, 5.74) is 1.22. The summed E-state index contributed by atoms with van der Waals surface area (Å²) in [6.45, 7) is 5.28. The standard InChI is InChI=1S/C22H25FN4O3S2/c1-14-12-27(13-15(2)25-14)19-11-18(20(30-3)10-16(19)23)26-32(28,29)22-8-7-21(31-22)17-6-4-5-9-24-17/h4-11,14-15,25-26H,12-13H2,1-3H3. The molecule has 1 aliphatic heterocycles. The van der Waals surface area contributed by atoms with Crippen molar-refractivity contribution in [2.75, 3.05) is 29.8 Å². The summed E-state index contributed by atoms with van der Waals surface area (Å²) in [7, 11) is -2.53. The highest BCUT2D eigenvalue weighted by atomic mass is 32.2. The van der Waals surface area contributed by atoms with Crippen LogP contribution in [-0.2, 0) is 10.0 Å². The van der Waals surface area contributed by atoms with Crippen LogP contribution >= 0.6 is 11.3 Å². The molecular formula is C22H25FN4O3S2. The molecule has 3 aromatic rings. The van der Waals surface area contributed by atoms with Crippen LogP contribution in [0.2, 0.25) is 0 Å². The summed E-state index contributed by atoms with van der Waals surface area (Å²) in [5.74, 6) is -0.341. The quantitative estimate of drug-likeness (QED) is 0.561. The van der Waals surface area contributed by atoms with E-state index in [1.165, 1.54) is 25.3 Å². The molecule has 2 aromatic heterocycles. The van der Waals surface area contributed by atoms with Crippen LogP contribution in [0.15, 0.2) is 52.9 Å². The Morgan fingerprint density at radius 1 is 1.19 bits per heavy atom. The number of piperazine rings is 1. The molecule has 2 N–H and O–H groups in total. The normalized spacial score (nSPS) is 19.1. The van der Waals surface area contributed by atoms with E-state index in [-0.39, 0.29) is 27.7 Å². The first kappa shape index (κ1) is 22.5. The van der Waals surface area contributed by atoms with E-state index in [2.05, 4.69) is 15.0 Å². The summed E-state index contributed by atoms with van der Waals surface area (Å²) in [6.07, 6.45) is 1.66. The second kappa shape index (κ2) is 9.05. The van der Waals surface area contributed by atoms with Gasteiger partial charge in [0.25, 0.3) is 10.0 Å². The van der Waals surface area contributed by atoms with E-state index in [4.69, 9.17) is 4.74 Å². The van der Waals surface area contributed by atoms with Crippen molar-refractivity contribution >= 4 is 32.7 Å². The lowest BCUT2D eigenvalue weighted by molar-refractivity contribution is 0.401. The SMILES string of the molecule is COc1cc(F)c(N2CC(C)NC(C)C2)cc1NS(=O)(=O)c1ccc(-c2ccccn2)s1. The largest absolute Gasteiger partial charge is 0.494 e. The molecule has 2 atom stereocenters. The highest BCUT2D eigenvalue weighted by molar-refractivity contribution is 7.94. The molecule has 1 aromatic carbocycles. The van der Waals surface area contributed by atoms with Crippen LogP contribution < -0.4 is 19.7 Å². The summed E-state index contributed by atoms with van der Waals surface area (Å²) < 4.78 is 49.0. The number of benzene rings is 1. The molecule has 170 valence electrons. The number of halogens is 1. The molecule has 4 rings (SSSR count). The van der Waals surface area contributed by atoms with Gasteiger partial charge in [-0.25, -0.2) is 12.8 Å². The van der Waals surface area contributed by atoms with Crippen LogP contribution in [0.25, 0.3) is 10.6 Å². The number of rotatable bonds is 6. The van der Waals surface area contributed by atoms with Gasteiger partial charge >= 0.3 is 0 Å². The van der Waals surface area contributed by atoms with Crippen molar-refractivity contribution in [3.05, 3.63) is 54.5 Å². The summed E-state index contributed by atoms with van der Waals surface area (Å²) in [6, 6.07) is 11.8. The number of thiophene rings is 1. The highest BCUT2D eigenvalue weighted by Crippen LogP contribution is 2.36. The van der Waals surface area contributed by atoms with Crippen LogP contribution in [0.3, 0.4) is 0 Å². The summed E-state index contributed by atoms with van der Waals surface area (Å²) in [4.78, 5) is 6.92. The van der Waals surface area contributed by atoms with Gasteiger partial charge in [0.15, 0.2) is 0 Å². The molecular weight excluding hydrogens is 451 g/mol. The molecule has 0 amide bonds.